The Kier molecular flexibility index (Phi) is 2.83. The maximum Gasteiger partial charge on any atom is 0.0644 e. The van der Waals surface area contributed by atoms with E-state index in [-0.39, 0.29) is 6.61 Å². The molecule has 0 radical (unpaired) electrons. The molecule has 2 aromatic rings. The van der Waals surface area contributed by atoms with E-state index in [0.29, 0.717) is 6.54 Å². The van der Waals surface area contributed by atoms with Gasteiger partial charge in [0.05, 0.1) is 19.3 Å². The molecule has 0 aliphatic rings. The highest BCUT2D eigenvalue weighted by atomic mass is 16.3. The van der Waals surface area contributed by atoms with E-state index in [1.165, 1.54) is 5.56 Å². The van der Waals surface area contributed by atoms with Crippen LogP contribution in [0.25, 0.3) is 11.1 Å². The molecule has 0 aliphatic heterocycles. The molecule has 2 rings (SSSR count). The number of rotatable bonds is 3. The van der Waals surface area contributed by atoms with Crippen LogP contribution in [0.4, 0.5) is 0 Å². The predicted molar refractivity (Wildman–Crippen MR) is 59.5 cm³/mol. The number of hydrogen-bond acceptors (Lipinski definition) is 2. The Labute approximate surface area is 89.0 Å². The maximum atomic E-state index is 8.86. The first-order valence-corrected chi connectivity index (χ1v) is 5.01. The van der Waals surface area contributed by atoms with E-state index in [1.54, 1.807) is 0 Å². The summed E-state index contributed by atoms with van der Waals surface area (Å²) in [6.07, 6.45) is 1.85. The van der Waals surface area contributed by atoms with E-state index in [0.717, 1.165) is 11.3 Å². The summed E-state index contributed by atoms with van der Waals surface area (Å²) in [5.74, 6) is 0. The van der Waals surface area contributed by atoms with Crippen LogP contribution in [-0.4, -0.2) is 21.5 Å². The van der Waals surface area contributed by atoms with Gasteiger partial charge < -0.3 is 5.11 Å². The average Bonchev–Trinajstić information content (AvgIpc) is 2.63. The van der Waals surface area contributed by atoms with Crippen molar-refractivity contribution < 1.29 is 5.11 Å². The van der Waals surface area contributed by atoms with Crippen LogP contribution in [0.2, 0.25) is 0 Å². The SMILES string of the molecule is Cc1c(-c2ccccc2)cnn1CCO. The van der Waals surface area contributed by atoms with Gasteiger partial charge in [-0.3, -0.25) is 4.68 Å². The number of hydrogen-bond donors (Lipinski definition) is 1. The van der Waals surface area contributed by atoms with E-state index in [4.69, 9.17) is 5.11 Å². The fourth-order valence-corrected chi connectivity index (χ4v) is 1.67. The Hall–Kier alpha value is -1.61. The minimum atomic E-state index is 0.122. The smallest absolute Gasteiger partial charge is 0.0644 e. The first-order valence-electron chi connectivity index (χ1n) is 5.01. The number of aromatic nitrogens is 2. The van der Waals surface area contributed by atoms with Crippen LogP contribution in [0.1, 0.15) is 5.69 Å². The number of aliphatic hydroxyl groups is 1. The van der Waals surface area contributed by atoms with Gasteiger partial charge in [0.25, 0.3) is 0 Å². The molecule has 78 valence electrons. The van der Waals surface area contributed by atoms with Gasteiger partial charge in [0.1, 0.15) is 0 Å². The Morgan fingerprint density at radius 2 is 2.00 bits per heavy atom. The highest BCUT2D eigenvalue weighted by Gasteiger charge is 2.06. The van der Waals surface area contributed by atoms with Crippen molar-refractivity contribution in [1.29, 1.82) is 0 Å². The summed E-state index contributed by atoms with van der Waals surface area (Å²) in [6, 6.07) is 10.1. The van der Waals surface area contributed by atoms with Crippen molar-refractivity contribution in [3.63, 3.8) is 0 Å². The zero-order chi connectivity index (χ0) is 10.7. The van der Waals surface area contributed by atoms with Crippen LogP contribution in [0, 0.1) is 6.92 Å². The van der Waals surface area contributed by atoms with Crippen molar-refractivity contribution in [2.24, 2.45) is 0 Å². The molecule has 0 fully saturated rings. The van der Waals surface area contributed by atoms with Crippen molar-refractivity contribution in [3.05, 3.63) is 42.2 Å². The molecule has 3 nitrogen and oxygen atoms in total. The molecule has 0 unspecified atom stereocenters. The molecule has 0 saturated heterocycles. The molecule has 0 atom stereocenters. The highest BCUT2D eigenvalue weighted by Crippen LogP contribution is 2.22. The predicted octanol–water partition coefficient (Wildman–Crippen LogP) is 1.85. The second-order valence-corrected chi connectivity index (χ2v) is 3.46. The second-order valence-electron chi connectivity index (χ2n) is 3.46. The molecular formula is C12H14N2O. The minimum Gasteiger partial charge on any atom is -0.394 e. The van der Waals surface area contributed by atoms with Crippen LogP contribution in [-0.2, 0) is 6.54 Å². The fraction of sp³-hybridized carbons (Fsp3) is 0.250. The van der Waals surface area contributed by atoms with Crippen LogP contribution in [0.3, 0.4) is 0 Å². The van der Waals surface area contributed by atoms with Gasteiger partial charge in [-0.2, -0.15) is 5.10 Å². The summed E-state index contributed by atoms with van der Waals surface area (Å²) >= 11 is 0. The highest BCUT2D eigenvalue weighted by molar-refractivity contribution is 5.64. The summed E-state index contributed by atoms with van der Waals surface area (Å²) in [6.45, 7) is 2.69. The van der Waals surface area contributed by atoms with Gasteiger partial charge in [-0.25, -0.2) is 0 Å². The molecule has 0 aliphatic carbocycles. The third kappa shape index (κ3) is 1.92. The number of aliphatic hydroxyl groups excluding tert-OH is 1. The first-order chi connectivity index (χ1) is 7.33. The van der Waals surface area contributed by atoms with E-state index >= 15 is 0 Å². The van der Waals surface area contributed by atoms with Crippen LogP contribution < -0.4 is 0 Å². The lowest BCUT2D eigenvalue weighted by Gasteiger charge is -2.03. The molecule has 3 heteroatoms. The van der Waals surface area contributed by atoms with Gasteiger partial charge in [0.2, 0.25) is 0 Å². The Morgan fingerprint density at radius 1 is 1.27 bits per heavy atom. The molecule has 1 N–H and O–H groups in total. The minimum absolute atomic E-state index is 0.122. The van der Waals surface area contributed by atoms with Crippen LogP contribution in [0.5, 0.6) is 0 Å². The van der Waals surface area contributed by atoms with Gasteiger partial charge >= 0.3 is 0 Å². The lowest BCUT2D eigenvalue weighted by molar-refractivity contribution is 0.268. The maximum absolute atomic E-state index is 8.86. The van der Waals surface area contributed by atoms with Crippen molar-refractivity contribution in [2.45, 2.75) is 13.5 Å². The van der Waals surface area contributed by atoms with Crippen molar-refractivity contribution >= 4 is 0 Å². The average molecular weight is 202 g/mol. The van der Waals surface area contributed by atoms with Gasteiger partial charge in [-0.1, -0.05) is 30.3 Å². The Bertz CT molecular complexity index is 434. The normalized spacial score (nSPS) is 10.5. The molecule has 0 bridgehead atoms. The molecule has 15 heavy (non-hydrogen) atoms. The summed E-state index contributed by atoms with van der Waals surface area (Å²) in [7, 11) is 0. The van der Waals surface area contributed by atoms with Gasteiger partial charge in [-0.05, 0) is 12.5 Å². The summed E-state index contributed by atoms with van der Waals surface area (Å²) in [5, 5.41) is 13.1. The van der Waals surface area contributed by atoms with E-state index in [1.807, 2.05) is 36.0 Å². The Morgan fingerprint density at radius 3 is 2.67 bits per heavy atom. The van der Waals surface area contributed by atoms with Gasteiger partial charge in [-0.15, -0.1) is 0 Å². The van der Waals surface area contributed by atoms with Gasteiger partial charge in [0.15, 0.2) is 0 Å². The Balaban J connectivity index is 2.38. The zero-order valence-electron chi connectivity index (χ0n) is 8.72. The van der Waals surface area contributed by atoms with Crippen molar-refractivity contribution in [1.82, 2.24) is 9.78 Å². The molecule has 0 spiro atoms. The third-order valence-electron chi connectivity index (χ3n) is 2.50. The van der Waals surface area contributed by atoms with E-state index in [9.17, 15) is 0 Å². The first kappa shape index (κ1) is 9.93. The monoisotopic (exact) mass is 202 g/mol. The standard InChI is InChI=1S/C12H14N2O/c1-10-12(9-13-14(10)7-8-15)11-5-3-2-4-6-11/h2-6,9,15H,7-8H2,1H3. The van der Waals surface area contributed by atoms with Crippen LogP contribution >= 0.6 is 0 Å². The van der Waals surface area contributed by atoms with Crippen molar-refractivity contribution in [3.8, 4) is 11.1 Å². The summed E-state index contributed by atoms with van der Waals surface area (Å²) in [4.78, 5) is 0. The zero-order valence-corrected chi connectivity index (χ0v) is 8.72. The number of benzene rings is 1. The number of nitrogens with zero attached hydrogens (tertiary/aromatic N) is 2. The summed E-state index contributed by atoms with van der Waals surface area (Å²) in [5.41, 5.74) is 3.39. The van der Waals surface area contributed by atoms with Crippen molar-refractivity contribution in [2.75, 3.05) is 6.61 Å². The molecule has 0 saturated carbocycles. The van der Waals surface area contributed by atoms with E-state index < -0.39 is 0 Å². The topological polar surface area (TPSA) is 38.0 Å². The fourth-order valence-electron chi connectivity index (χ4n) is 1.67. The second kappa shape index (κ2) is 4.28. The quantitative estimate of drug-likeness (QED) is 0.824. The lowest BCUT2D eigenvalue weighted by atomic mass is 10.1. The molecular weight excluding hydrogens is 188 g/mol. The molecule has 1 heterocycles. The van der Waals surface area contributed by atoms with E-state index in [2.05, 4.69) is 17.2 Å². The largest absolute Gasteiger partial charge is 0.394 e. The van der Waals surface area contributed by atoms with Crippen LogP contribution in [0.15, 0.2) is 36.5 Å². The summed E-state index contributed by atoms with van der Waals surface area (Å²) < 4.78 is 1.82. The lowest BCUT2D eigenvalue weighted by Crippen LogP contribution is -2.05. The van der Waals surface area contributed by atoms with Gasteiger partial charge in [0, 0.05) is 11.3 Å². The third-order valence-corrected chi connectivity index (χ3v) is 2.50. The molecule has 0 amide bonds. The molecule has 1 aromatic carbocycles. The molecule has 1 aromatic heterocycles.